The monoisotopic (exact) mass is 271 g/mol. The largest absolute Gasteiger partial charge is 0.345 e. The Morgan fingerprint density at radius 3 is 2.42 bits per heavy atom. The standard InChI is InChI=1S/C15H13NO2S/c1-11-7-8-14-12(9-11)10-15(16-14)19(17,18)13-5-3-2-4-6-13/h2-10,16H,1H3. The molecule has 0 atom stereocenters. The van der Waals surface area contributed by atoms with Gasteiger partial charge in [0.1, 0.15) is 5.03 Å². The molecule has 1 N–H and O–H groups in total. The van der Waals surface area contributed by atoms with E-state index in [4.69, 9.17) is 0 Å². The van der Waals surface area contributed by atoms with E-state index in [9.17, 15) is 8.42 Å². The summed E-state index contributed by atoms with van der Waals surface area (Å²) in [5.74, 6) is 0. The third-order valence-electron chi connectivity index (χ3n) is 3.09. The first kappa shape index (κ1) is 12.0. The predicted octanol–water partition coefficient (Wildman–Crippen LogP) is 3.31. The average molecular weight is 271 g/mol. The van der Waals surface area contributed by atoms with Gasteiger partial charge in [-0.2, -0.15) is 0 Å². The number of aromatic nitrogens is 1. The molecular weight excluding hydrogens is 258 g/mol. The smallest absolute Gasteiger partial charge is 0.221 e. The van der Waals surface area contributed by atoms with Crippen LogP contribution in [0.4, 0.5) is 0 Å². The van der Waals surface area contributed by atoms with Crippen molar-refractivity contribution in [3.8, 4) is 0 Å². The van der Waals surface area contributed by atoms with Gasteiger partial charge in [-0.25, -0.2) is 8.42 Å². The van der Waals surface area contributed by atoms with Crippen molar-refractivity contribution in [3.05, 3.63) is 60.2 Å². The van der Waals surface area contributed by atoms with Crippen molar-refractivity contribution in [2.75, 3.05) is 0 Å². The third kappa shape index (κ3) is 2.04. The first-order chi connectivity index (χ1) is 9.07. The lowest BCUT2D eigenvalue weighted by molar-refractivity contribution is 0.593. The van der Waals surface area contributed by atoms with Crippen LogP contribution in [0.15, 0.2) is 64.5 Å². The Morgan fingerprint density at radius 1 is 0.947 bits per heavy atom. The molecule has 0 amide bonds. The number of rotatable bonds is 2. The molecule has 1 heterocycles. The first-order valence-electron chi connectivity index (χ1n) is 5.97. The maximum Gasteiger partial charge on any atom is 0.221 e. The van der Waals surface area contributed by atoms with E-state index in [1.165, 1.54) is 0 Å². The highest BCUT2D eigenvalue weighted by Gasteiger charge is 2.19. The molecule has 0 unspecified atom stereocenters. The number of hydrogen-bond donors (Lipinski definition) is 1. The second-order valence-corrected chi connectivity index (χ2v) is 6.46. The van der Waals surface area contributed by atoms with Gasteiger partial charge in [-0.05, 0) is 37.3 Å². The van der Waals surface area contributed by atoms with Gasteiger partial charge in [-0.15, -0.1) is 0 Å². The average Bonchev–Trinajstić information content (AvgIpc) is 2.83. The fraction of sp³-hybridized carbons (Fsp3) is 0.0667. The molecule has 1 aromatic heterocycles. The molecular formula is C15H13NO2S. The van der Waals surface area contributed by atoms with Crippen LogP contribution in [0.25, 0.3) is 10.9 Å². The van der Waals surface area contributed by atoms with Gasteiger partial charge in [0.05, 0.1) is 4.90 Å². The van der Waals surface area contributed by atoms with Crippen LogP contribution in [0, 0.1) is 6.92 Å². The minimum absolute atomic E-state index is 0.235. The lowest BCUT2D eigenvalue weighted by Gasteiger charge is -2.00. The van der Waals surface area contributed by atoms with E-state index >= 15 is 0 Å². The summed E-state index contributed by atoms with van der Waals surface area (Å²) >= 11 is 0. The molecule has 19 heavy (non-hydrogen) atoms. The van der Waals surface area contributed by atoms with Gasteiger partial charge in [0.15, 0.2) is 0 Å². The molecule has 0 fully saturated rings. The summed E-state index contributed by atoms with van der Waals surface area (Å²) in [6, 6.07) is 16.0. The molecule has 0 aliphatic rings. The van der Waals surface area contributed by atoms with Crippen LogP contribution in [-0.4, -0.2) is 13.4 Å². The Kier molecular flexibility index (Phi) is 2.68. The van der Waals surface area contributed by atoms with Crippen LogP contribution in [0.2, 0.25) is 0 Å². The van der Waals surface area contributed by atoms with E-state index in [0.29, 0.717) is 4.90 Å². The lowest BCUT2D eigenvalue weighted by atomic mass is 10.2. The number of aromatic amines is 1. The highest BCUT2D eigenvalue weighted by atomic mass is 32.2. The SMILES string of the molecule is Cc1ccc2[nH]c(S(=O)(=O)c3ccccc3)cc2c1. The molecule has 0 saturated heterocycles. The number of nitrogens with one attached hydrogen (secondary N) is 1. The van der Waals surface area contributed by atoms with Crippen molar-refractivity contribution >= 4 is 20.7 Å². The maximum atomic E-state index is 12.5. The molecule has 3 nitrogen and oxygen atoms in total. The molecule has 0 aliphatic carbocycles. The topological polar surface area (TPSA) is 49.9 Å². The number of sulfone groups is 1. The number of H-pyrrole nitrogens is 1. The Labute approximate surface area is 111 Å². The molecule has 3 rings (SSSR count). The third-order valence-corrected chi connectivity index (χ3v) is 4.79. The Morgan fingerprint density at radius 2 is 1.68 bits per heavy atom. The van der Waals surface area contributed by atoms with Crippen LogP contribution in [0.5, 0.6) is 0 Å². The van der Waals surface area contributed by atoms with Crippen LogP contribution in [0.1, 0.15) is 5.56 Å². The van der Waals surface area contributed by atoms with E-state index in [-0.39, 0.29) is 5.03 Å². The maximum absolute atomic E-state index is 12.5. The highest BCUT2D eigenvalue weighted by Crippen LogP contribution is 2.24. The summed E-state index contributed by atoms with van der Waals surface area (Å²) < 4.78 is 24.9. The van der Waals surface area contributed by atoms with E-state index in [0.717, 1.165) is 16.5 Å². The zero-order valence-corrected chi connectivity index (χ0v) is 11.2. The lowest BCUT2D eigenvalue weighted by Crippen LogP contribution is -2.01. The van der Waals surface area contributed by atoms with E-state index in [1.54, 1.807) is 36.4 Å². The van der Waals surface area contributed by atoms with Gasteiger partial charge < -0.3 is 4.98 Å². The Bertz CT molecular complexity index is 833. The zero-order valence-electron chi connectivity index (χ0n) is 10.4. The molecule has 96 valence electrons. The van der Waals surface area contributed by atoms with Crippen molar-refractivity contribution < 1.29 is 8.42 Å². The highest BCUT2D eigenvalue weighted by molar-refractivity contribution is 7.91. The molecule has 4 heteroatoms. The van der Waals surface area contributed by atoms with Crippen LogP contribution in [-0.2, 0) is 9.84 Å². The summed E-state index contributed by atoms with van der Waals surface area (Å²) in [5.41, 5.74) is 1.94. The Hall–Kier alpha value is -2.07. The molecule has 0 spiro atoms. The van der Waals surface area contributed by atoms with E-state index in [2.05, 4.69) is 4.98 Å². The number of fused-ring (bicyclic) bond motifs is 1. The molecule has 2 aromatic carbocycles. The van der Waals surface area contributed by atoms with Crippen molar-refractivity contribution in [2.45, 2.75) is 16.8 Å². The van der Waals surface area contributed by atoms with Crippen molar-refractivity contribution in [2.24, 2.45) is 0 Å². The first-order valence-corrected chi connectivity index (χ1v) is 7.45. The quantitative estimate of drug-likeness (QED) is 0.777. The summed E-state index contributed by atoms with van der Waals surface area (Å²) in [6.45, 7) is 1.98. The molecule has 0 aliphatic heterocycles. The molecule has 0 bridgehead atoms. The van der Waals surface area contributed by atoms with Gasteiger partial charge >= 0.3 is 0 Å². The molecule has 0 saturated carbocycles. The summed E-state index contributed by atoms with van der Waals surface area (Å²) in [6.07, 6.45) is 0. The van der Waals surface area contributed by atoms with Crippen LogP contribution < -0.4 is 0 Å². The van der Waals surface area contributed by atoms with Crippen molar-refractivity contribution in [1.82, 2.24) is 4.98 Å². The van der Waals surface area contributed by atoms with Crippen molar-refractivity contribution in [1.29, 1.82) is 0 Å². The second-order valence-electron chi connectivity index (χ2n) is 4.54. The summed E-state index contributed by atoms with van der Waals surface area (Å²) in [4.78, 5) is 3.28. The fourth-order valence-corrected chi connectivity index (χ4v) is 3.39. The van der Waals surface area contributed by atoms with E-state index < -0.39 is 9.84 Å². The summed E-state index contributed by atoms with van der Waals surface area (Å²) in [7, 11) is -3.47. The zero-order chi connectivity index (χ0) is 13.5. The van der Waals surface area contributed by atoms with Gasteiger partial charge in [0.2, 0.25) is 9.84 Å². The normalized spacial score (nSPS) is 11.8. The summed E-state index contributed by atoms with van der Waals surface area (Å²) in [5, 5.41) is 1.15. The van der Waals surface area contributed by atoms with Gasteiger partial charge in [-0.3, -0.25) is 0 Å². The van der Waals surface area contributed by atoms with Gasteiger partial charge in [-0.1, -0.05) is 29.8 Å². The number of benzene rings is 2. The minimum Gasteiger partial charge on any atom is -0.345 e. The Balaban J connectivity index is 2.19. The van der Waals surface area contributed by atoms with Crippen LogP contribution >= 0.6 is 0 Å². The predicted molar refractivity (Wildman–Crippen MR) is 74.9 cm³/mol. The number of hydrogen-bond acceptors (Lipinski definition) is 2. The number of aryl methyl sites for hydroxylation is 1. The molecule has 3 aromatic rings. The minimum atomic E-state index is -3.47. The van der Waals surface area contributed by atoms with Crippen LogP contribution in [0.3, 0.4) is 0 Å². The van der Waals surface area contributed by atoms with Gasteiger partial charge in [0.25, 0.3) is 0 Å². The van der Waals surface area contributed by atoms with Crippen molar-refractivity contribution in [3.63, 3.8) is 0 Å². The fourth-order valence-electron chi connectivity index (χ4n) is 2.10. The molecule has 0 radical (unpaired) electrons. The second kappa shape index (κ2) is 4.24. The van der Waals surface area contributed by atoms with E-state index in [1.807, 2.05) is 25.1 Å². The van der Waals surface area contributed by atoms with Gasteiger partial charge in [0, 0.05) is 10.9 Å².